The molecule has 0 aliphatic carbocycles. The molecule has 0 bridgehead atoms. The summed E-state index contributed by atoms with van der Waals surface area (Å²) in [5.41, 5.74) is 2.50. The third kappa shape index (κ3) is 0.906. The number of aldehydes is 1. The molecule has 0 radical (unpaired) electrons. The van der Waals surface area contributed by atoms with Crippen LogP contribution in [0.1, 0.15) is 16.2 Å². The van der Waals surface area contributed by atoms with E-state index >= 15 is 0 Å². The van der Waals surface area contributed by atoms with Crippen LogP contribution in [0.4, 0.5) is 0 Å². The zero-order valence-corrected chi connectivity index (χ0v) is 6.66. The van der Waals surface area contributed by atoms with Crippen molar-refractivity contribution in [3.63, 3.8) is 0 Å². The Morgan fingerprint density at radius 3 is 3.08 bits per heavy atom. The first-order chi connectivity index (χ1) is 5.81. The third-order valence-electron chi connectivity index (χ3n) is 1.90. The van der Waals surface area contributed by atoms with Crippen molar-refractivity contribution in [3.05, 3.63) is 29.7 Å². The van der Waals surface area contributed by atoms with Crippen molar-refractivity contribution >= 4 is 17.2 Å². The molecule has 60 valence electrons. The predicted molar refractivity (Wildman–Crippen MR) is 46.2 cm³/mol. The van der Waals surface area contributed by atoms with Gasteiger partial charge < -0.3 is 4.98 Å². The minimum atomic E-state index is 0.598. The first-order valence-electron chi connectivity index (χ1n) is 3.71. The second kappa shape index (κ2) is 2.44. The zero-order chi connectivity index (χ0) is 8.55. The molecule has 12 heavy (non-hydrogen) atoms. The normalized spacial score (nSPS) is 10.4. The van der Waals surface area contributed by atoms with Gasteiger partial charge >= 0.3 is 0 Å². The van der Waals surface area contributed by atoms with Crippen LogP contribution in [0.5, 0.6) is 0 Å². The van der Waals surface area contributed by atoms with Gasteiger partial charge in [0.25, 0.3) is 0 Å². The molecule has 2 aromatic rings. The van der Waals surface area contributed by atoms with Crippen molar-refractivity contribution in [1.82, 2.24) is 9.97 Å². The maximum atomic E-state index is 10.4. The quantitative estimate of drug-likeness (QED) is 0.645. The zero-order valence-electron chi connectivity index (χ0n) is 6.66. The molecule has 0 atom stereocenters. The van der Waals surface area contributed by atoms with Gasteiger partial charge in [-0.3, -0.25) is 9.78 Å². The van der Waals surface area contributed by atoms with Crippen LogP contribution in [-0.2, 0) is 0 Å². The maximum absolute atomic E-state index is 10.4. The van der Waals surface area contributed by atoms with Gasteiger partial charge in [0.05, 0.1) is 5.69 Å². The summed E-state index contributed by atoms with van der Waals surface area (Å²) in [6.07, 6.45) is 2.53. The molecule has 2 aromatic heterocycles. The van der Waals surface area contributed by atoms with Crippen LogP contribution in [-0.4, -0.2) is 16.3 Å². The standard InChI is InChI=1S/C9H8N2O/c1-6-8-4-7(5-12)11-9(8)2-3-10-6/h2-5,11H,1H3. The van der Waals surface area contributed by atoms with E-state index in [2.05, 4.69) is 9.97 Å². The van der Waals surface area contributed by atoms with Gasteiger partial charge in [0.2, 0.25) is 0 Å². The molecule has 0 amide bonds. The lowest BCUT2D eigenvalue weighted by atomic mass is 10.2. The average Bonchev–Trinajstić information content (AvgIpc) is 2.49. The number of rotatable bonds is 1. The number of aromatic amines is 1. The highest BCUT2D eigenvalue weighted by Gasteiger charge is 2.01. The number of carbonyl (C=O) groups excluding carboxylic acids is 1. The van der Waals surface area contributed by atoms with E-state index in [1.54, 1.807) is 6.20 Å². The van der Waals surface area contributed by atoms with E-state index in [-0.39, 0.29) is 0 Å². The average molecular weight is 160 g/mol. The Bertz CT molecular complexity index is 431. The minimum absolute atomic E-state index is 0.598. The van der Waals surface area contributed by atoms with Gasteiger partial charge in [0, 0.05) is 22.8 Å². The highest BCUT2D eigenvalue weighted by atomic mass is 16.1. The van der Waals surface area contributed by atoms with Gasteiger partial charge in [0.15, 0.2) is 6.29 Å². The number of hydrogen-bond acceptors (Lipinski definition) is 2. The molecule has 2 heterocycles. The summed E-state index contributed by atoms with van der Waals surface area (Å²) >= 11 is 0. The van der Waals surface area contributed by atoms with E-state index in [4.69, 9.17) is 0 Å². The Balaban J connectivity index is 2.82. The summed E-state index contributed by atoms with van der Waals surface area (Å²) in [7, 11) is 0. The molecule has 3 heteroatoms. The number of nitrogens with zero attached hydrogens (tertiary/aromatic N) is 1. The molecule has 1 N–H and O–H groups in total. The summed E-state index contributed by atoms with van der Waals surface area (Å²) in [5.74, 6) is 0. The Labute approximate surface area is 69.4 Å². The van der Waals surface area contributed by atoms with Crippen LogP contribution in [0.25, 0.3) is 10.9 Å². The second-order valence-corrected chi connectivity index (χ2v) is 2.70. The number of carbonyl (C=O) groups is 1. The Kier molecular flexibility index (Phi) is 1.43. The number of H-pyrrole nitrogens is 1. The van der Waals surface area contributed by atoms with Gasteiger partial charge in [-0.1, -0.05) is 0 Å². The molecule has 0 fully saturated rings. The van der Waals surface area contributed by atoms with E-state index in [0.29, 0.717) is 5.69 Å². The fourth-order valence-electron chi connectivity index (χ4n) is 1.28. The second-order valence-electron chi connectivity index (χ2n) is 2.70. The van der Waals surface area contributed by atoms with Crippen LogP contribution < -0.4 is 0 Å². The first kappa shape index (κ1) is 7.03. The highest BCUT2D eigenvalue weighted by Crippen LogP contribution is 2.15. The molecule has 0 saturated heterocycles. The monoisotopic (exact) mass is 160 g/mol. The molecule has 0 spiro atoms. The number of pyridine rings is 1. The van der Waals surface area contributed by atoms with E-state index in [1.807, 2.05) is 19.1 Å². The van der Waals surface area contributed by atoms with Crippen molar-refractivity contribution in [2.24, 2.45) is 0 Å². The Hall–Kier alpha value is -1.64. The number of fused-ring (bicyclic) bond motifs is 1. The van der Waals surface area contributed by atoms with Gasteiger partial charge in [-0.2, -0.15) is 0 Å². The Morgan fingerprint density at radius 2 is 2.42 bits per heavy atom. The van der Waals surface area contributed by atoms with E-state index in [9.17, 15) is 4.79 Å². The largest absolute Gasteiger partial charge is 0.352 e. The van der Waals surface area contributed by atoms with Crippen molar-refractivity contribution in [2.45, 2.75) is 6.92 Å². The van der Waals surface area contributed by atoms with E-state index < -0.39 is 0 Å². The smallest absolute Gasteiger partial charge is 0.166 e. The molecular weight excluding hydrogens is 152 g/mol. The fourth-order valence-corrected chi connectivity index (χ4v) is 1.28. The number of nitrogens with one attached hydrogen (secondary N) is 1. The molecule has 0 aromatic carbocycles. The first-order valence-corrected chi connectivity index (χ1v) is 3.71. The van der Waals surface area contributed by atoms with Gasteiger partial charge in [-0.25, -0.2) is 0 Å². The fraction of sp³-hybridized carbons (Fsp3) is 0.111. The summed E-state index contributed by atoms with van der Waals surface area (Å²) in [5, 5.41) is 1.01. The number of aromatic nitrogens is 2. The van der Waals surface area contributed by atoms with Crippen molar-refractivity contribution in [2.75, 3.05) is 0 Å². The maximum Gasteiger partial charge on any atom is 0.166 e. The Morgan fingerprint density at radius 1 is 1.58 bits per heavy atom. The van der Waals surface area contributed by atoms with Crippen LogP contribution in [0.3, 0.4) is 0 Å². The van der Waals surface area contributed by atoms with Crippen molar-refractivity contribution < 1.29 is 4.79 Å². The lowest BCUT2D eigenvalue weighted by molar-refractivity contribution is 0.112. The van der Waals surface area contributed by atoms with E-state index in [0.717, 1.165) is 22.9 Å². The molecule has 0 saturated carbocycles. The SMILES string of the molecule is Cc1nccc2[nH]c(C=O)cc12. The lowest BCUT2D eigenvalue weighted by Gasteiger charge is -1.91. The topological polar surface area (TPSA) is 45.8 Å². The summed E-state index contributed by atoms with van der Waals surface area (Å²) in [4.78, 5) is 17.5. The van der Waals surface area contributed by atoms with Crippen molar-refractivity contribution in [3.8, 4) is 0 Å². The number of aryl methyl sites for hydroxylation is 1. The van der Waals surface area contributed by atoms with Crippen LogP contribution >= 0.6 is 0 Å². The third-order valence-corrected chi connectivity index (χ3v) is 1.90. The minimum Gasteiger partial charge on any atom is -0.352 e. The predicted octanol–water partition coefficient (Wildman–Crippen LogP) is 1.68. The van der Waals surface area contributed by atoms with Gasteiger partial charge in [-0.15, -0.1) is 0 Å². The molecular formula is C9H8N2O. The molecule has 3 nitrogen and oxygen atoms in total. The summed E-state index contributed by atoms with van der Waals surface area (Å²) in [6.45, 7) is 1.92. The molecule has 0 aliphatic rings. The summed E-state index contributed by atoms with van der Waals surface area (Å²) in [6, 6.07) is 3.67. The molecule has 2 rings (SSSR count). The van der Waals surface area contributed by atoms with Crippen LogP contribution in [0.2, 0.25) is 0 Å². The van der Waals surface area contributed by atoms with Crippen molar-refractivity contribution in [1.29, 1.82) is 0 Å². The number of hydrogen-bond donors (Lipinski definition) is 1. The van der Waals surface area contributed by atoms with Crippen LogP contribution in [0, 0.1) is 6.92 Å². The highest BCUT2D eigenvalue weighted by molar-refractivity contribution is 5.88. The lowest BCUT2D eigenvalue weighted by Crippen LogP contribution is -1.78. The van der Waals surface area contributed by atoms with Crippen LogP contribution in [0.15, 0.2) is 18.3 Å². The summed E-state index contributed by atoms with van der Waals surface area (Å²) < 4.78 is 0. The van der Waals surface area contributed by atoms with Gasteiger partial charge in [-0.05, 0) is 19.1 Å². The molecule has 0 aliphatic heterocycles. The van der Waals surface area contributed by atoms with Gasteiger partial charge in [0.1, 0.15) is 0 Å². The molecule has 0 unspecified atom stereocenters. The van der Waals surface area contributed by atoms with E-state index in [1.165, 1.54) is 0 Å².